The molecule has 61 heavy (non-hydrogen) atoms. The maximum absolute atomic E-state index is 12.3. The number of benzene rings is 2. The molecule has 4 aliphatic heterocycles. The number of likely N-dealkylation sites (tertiary alicyclic amines) is 2. The number of carboxylic acids is 1. The zero-order valence-corrected chi connectivity index (χ0v) is 37.6. The Labute approximate surface area is 365 Å². The lowest BCUT2D eigenvalue weighted by Crippen LogP contribution is -2.44. The summed E-state index contributed by atoms with van der Waals surface area (Å²) in [5.41, 5.74) is 2.31. The topological polar surface area (TPSA) is 158 Å². The smallest absolute Gasteiger partial charge is 0.410 e. The lowest BCUT2D eigenvalue weighted by atomic mass is 9.79. The number of nitrogens with one attached hydrogen (secondary N) is 1. The van der Waals surface area contributed by atoms with Crippen molar-refractivity contribution in [2.24, 2.45) is 23.7 Å². The molecular formula is C46H65N7O7S. The van der Waals surface area contributed by atoms with E-state index in [0.717, 1.165) is 127 Å². The van der Waals surface area contributed by atoms with Crippen molar-refractivity contribution in [2.45, 2.75) is 104 Å². The van der Waals surface area contributed by atoms with E-state index in [9.17, 15) is 19.2 Å². The Morgan fingerprint density at radius 1 is 0.590 bits per heavy atom. The summed E-state index contributed by atoms with van der Waals surface area (Å²) in [5, 5.41) is 12.3. The van der Waals surface area contributed by atoms with E-state index >= 15 is 0 Å². The number of aromatic carboxylic acids is 1. The third-order valence-electron chi connectivity index (χ3n) is 12.4. The third kappa shape index (κ3) is 13.3. The molecule has 3 aromatic rings. The van der Waals surface area contributed by atoms with Crippen LogP contribution >= 0.6 is 11.5 Å². The molecule has 0 radical (unpaired) electrons. The summed E-state index contributed by atoms with van der Waals surface area (Å²) in [7, 11) is 0. The summed E-state index contributed by atoms with van der Waals surface area (Å²) in [6.45, 7) is 18.7. The number of carbonyl (C=O) groups is 4. The van der Waals surface area contributed by atoms with E-state index in [2.05, 4.69) is 24.5 Å². The summed E-state index contributed by atoms with van der Waals surface area (Å²) < 4.78 is 14.9. The zero-order chi connectivity index (χ0) is 43.7. The van der Waals surface area contributed by atoms with E-state index < -0.39 is 17.2 Å². The fraction of sp³-hybridized carbons (Fsp3) is 0.609. The van der Waals surface area contributed by atoms with Crippen LogP contribution in [0.25, 0.3) is 0 Å². The Hall–Kier alpha value is -4.92. The summed E-state index contributed by atoms with van der Waals surface area (Å²) in [6, 6.07) is 14.9. The maximum atomic E-state index is 12.3. The van der Waals surface area contributed by atoms with Gasteiger partial charge in [-0.3, -0.25) is 10.1 Å². The molecule has 0 aliphatic carbocycles. The molecule has 2 aromatic carbocycles. The largest absolute Gasteiger partial charge is 0.478 e. The van der Waals surface area contributed by atoms with Crippen molar-refractivity contribution >= 4 is 52.1 Å². The van der Waals surface area contributed by atoms with Crippen molar-refractivity contribution in [2.75, 3.05) is 67.5 Å². The van der Waals surface area contributed by atoms with Gasteiger partial charge in [0.05, 0.1) is 5.56 Å². The number of anilines is 3. The monoisotopic (exact) mass is 859 g/mol. The second-order valence-corrected chi connectivity index (χ2v) is 19.6. The number of piperidine rings is 4. The molecule has 4 aliphatic rings. The van der Waals surface area contributed by atoms with Gasteiger partial charge >= 0.3 is 18.2 Å². The van der Waals surface area contributed by atoms with Crippen LogP contribution in [0.2, 0.25) is 0 Å². The first-order chi connectivity index (χ1) is 29.0. The highest BCUT2D eigenvalue weighted by Crippen LogP contribution is 2.36. The van der Waals surface area contributed by atoms with E-state index in [1.807, 2.05) is 87.7 Å². The molecule has 4 saturated heterocycles. The summed E-state index contributed by atoms with van der Waals surface area (Å²) in [6.07, 6.45) is 9.90. The van der Waals surface area contributed by atoms with Gasteiger partial charge < -0.3 is 34.2 Å². The van der Waals surface area contributed by atoms with Gasteiger partial charge in [0.15, 0.2) is 0 Å². The molecule has 2 N–H and O–H groups in total. The highest BCUT2D eigenvalue weighted by atomic mass is 32.1. The minimum Gasteiger partial charge on any atom is -0.478 e. The van der Waals surface area contributed by atoms with E-state index in [4.69, 9.17) is 14.6 Å². The molecule has 332 valence electrons. The number of amides is 3. The van der Waals surface area contributed by atoms with E-state index in [0.29, 0.717) is 39.9 Å². The number of nitrogens with zero attached hydrogens (tertiary/aromatic N) is 6. The van der Waals surface area contributed by atoms with Crippen LogP contribution in [0.15, 0.2) is 54.9 Å². The summed E-state index contributed by atoms with van der Waals surface area (Å²) >= 11 is 1.16. The number of rotatable bonds is 7. The van der Waals surface area contributed by atoms with E-state index in [1.165, 1.54) is 6.33 Å². The van der Waals surface area contributed by atoms with Crippen LogP contribution in [0.5, 0.6) is 0 Å². The molecule has 3 amide bonds. The molecule has 0 bridgehead atoms. The first-order valence-electron chi connectivity index (χ1n) is 22.0. The Balaban J connectivity index is 0.000000207. The number of carboxylic acid groups (broad SMARTS) is 1. The molecule has 1 aromatic heterocycles. The predicted octanol–water partition coefficient (Wildman–Crippen LogP) is 8.90. The average molecular weight is 860 g/mol. The molecule has 0 atom stereocenters. The average Bonchev–Trinajstić information content (AvgIpc) is 3.76. The molecule has 7 rings (SSSR count). The van der Waals surface area contributed by atoms with Crippen LogP contribution in [-0.2, 0) is 9.47 Å². The van der Waals surface area contributed by atoms with Crippen LogP contribution < -0.4 is 15.1 Å². The minimum absolute atomic E-state index is 0.172. The van der Waals surface area contributed by atoms with Crippen molar-refractivity contribution in [1.29, 1.82) is 0 Å². The minimum atomic E-state index is -0.886. The van der Waals surface area contributed by atoms with Crippen LogP contribution in [0.4, 0.5) is 26.1 Å². The zero-order valence-electron chi connectivity index (χ0n) is 36.8. The summed E-state index contributed by atoms with van der Waals surface area (Å²) in [4.78, 5) is 60.3. The molecule has 15 heteroatoms. The van der Waals surface area contributed by atoms with Gasteiger partial charge in [0, 0.05) is 80.8 Å². The maximum Gasteiger partial charge on any atom is 0.410 e. The molecule has 4 fully saturated rings. The first-order valence-corrected chi connectivity index (χ1v) is 22.8. The second kappa shape index (κ2) is 20.3. The Kier molecular flexibility index (Phi) is 15.2. The van der Waals surface area contributed by atoms with E-state index in [1.54, 1.807) is 12.1 Å². The van der Waals surface area contributed by atoms with Crippen molar-refractivity contribution in [3.63, 3.8) is 0 Å². The third-order valence-corrected chi connectivity index (χ3v) is 12.9. The second-order valence-electron chi connectivity index (χ2n) is 18.9. The standard InChI is InChI=1S/C24H33N5O3S.C22H32N2O4/c1-24(2,3)32-23(31)29-14-10-18(11-15-29)17-8-12-28(13-9-17)20-6-4-19(5-7-20)21(30)27-22-25-16-26-33-22;1-22(2,3)28-21(27)24-14-10-17(11-15-24)16-8-12-23(13-9-16)19-6-4-18(5-7-19)20(25)26/h4-7,16-18H,8-15H2,1-3H3,(H,25,26,27,30);4-7,16-17H,8-15H2,1-3H3,(H,25,26). The molecule has 0 saturated carbocycles. The van der Waals surface area contributed by atoms with Crippen molar-refractivity contribution in [3.05, 3.63) is 66.0 Å². The Morgan fingerprint density at radius 3 is 1.28 bits per heavy atom. The fourth-order valence-electron chi connectivity index (χ4n) is 9.05. The van der Waals surface area contributed by atoms with Crippen molar-refractivity contribution < 1.29 is 33.8 Å². The van der Waals surface area contributed by atoms with Crippen LogP contribution in [-0.4, -0.2) is 112 Å². The molecule has 14 nitrogen and oxygen atoms in total. The predicted molar refractivity (Wildman–Crippen MR) is 239 cm³/mol. The molecular weight excluding hydrogens is 795 g/mol. The highest BCUT2D eigenvalue weighted by Gasteiger charge is 2.34. The van der Waals surface area contributed by atoms with Gasteiger partial charge in [-0.1, -0.05) is 0 Å². The number of carbonyl (C=O) groups excluding carboxylic acids is 3. The number of aromatic nitrogens is 2. The van der Waals surface area contributed by atoms with Gasteiger partial charge in [0.25, 0.3) is 5.91 Å². The van der Waals surface area contributed by atoms with Gasteiger partial charge in [-0.2, -0.15) is 4.37 Å². The van der Waals surface area contributed by atoms with E-state index in [-0.39, 0.29) is 18.1 Å². The number of ether oxygens (including phenoxy) is 2. The van der Waals surface area contributed by atoms with Gasteiger partial charge in [0.1, 0.15) is 17.5 Å². The lowest BCUT2D eigenvalue weighted by molar-refractivity contribution is 0.0142. The molecule has 5 heterocycles. The quantitative estimate of drug-likeness (QED) is 0.234. The Bertz CT molecular complexity index is 1880. The van der Waals surface area contributed by atoms with Gasteiger partial charge in [-0.15, -0.1) is 0 Å². The lowest BCUT2D eigenvalue weighted by Gasteiger charge is -2.41. The number of hydrogen-bond acceptors (Lipinski definition) is 11. The van der Waals surface area contributed by atoms with Crippen LogP contribution in [0.1, 0.15) is 114 Å². The SMILES string of the molecule is CC(C)(C)OC(=O)N1CCC(C2CCN(c3ccc(C(=O)Nc4ncns4)cc3)CC2)CC1.CC(C)(C)OC(=O)N1CCC(C2CCN(c3ccc(C(=O)O)cc3)CC2)CC1. The van der Waals surface area contributed by atoms with Gasteiger partial charge in [-0.25, -0.2) is 19.4 Å². The van der Waals surface area contributed by atoms with Gasteiger partial charge in [-0.05, 0) is 165 Å². The number of hydrogen-bond donors (Lipinski definition) is 2. The normalized spacial score (nSPS) is 18.9. The fourth-order valence-corrected chi connectivity index (χ4v) is 9.48. The molecule has 0 spiro atoms. The van der Waals surface area contributed by atoms with Crippen molar-refractivity contribution in [3.8, 4) is 0 Å². The van der Waals surface area contributed by atoms with Crippen LogP contribution in [0, 0.1) is 23.7 Å². The Morgan fingerprint density at radius 2 is 0.951 bits per heavy atom. The highest BCUT2D eigenvalue weighted by molar-refractivity contribution is 7.09. The summed E-state index contributed by atoms with van der Waals surface area (Å²) in [5.74, 6) is 1.71. The van der Waals surface area contributed by atoms with Crippen molar-refractivity contribution in [1.82, 2.24) is 19.2 Å². The van der Waals surface area contributed by atoms with Crippen LogP contribution in [0.3, 0.4) is 0 Å². The van der Waals surface area contributed by atoms with Gasteiger partial charge in [0.2, 0.25) is 5.13 Å². The molecule has 0 unspecified atom stereocenters. The first kappa shape index (κ1) is 45.6.